The monoisotopic (exact) mass is 594 g/mol. The number of hydrogen-bond donors (Lipinski definition) is 3. The molecule has 1 aliphatic heterocycles. The average molecular weight is 595 g/mol. The Kier molecular flexibility index (Phi) is 11.6. The van der Waals surface area contributed by atoms with Crippen molar-refractivity contribution in [2.24, 2.45) is 0 Å². The van der Waals surface area contributed by atoms with Gasteiger partial charge in [-0.05, 0) is 36.8 Å². The third-order valence-corrected chi connectivity index (χ3v) is 6.33. The second-order valence-electron chi connectivity index (χ2n) is 9.82. The number of ether oxygens (including phenoxy) is 4. The maximum Gasteiger partial charge on any atom is 0.337 e. The van der Waals surface area contributed by atoms with E-state index in [2.05, 4.69) is 10.6 Å². The number of nitro benzene ring substituents is 1. The number of carbonyl (C=O) groups excluding carboxylic acids is 2. The Morgan fingerprint density at radius 1 is 1.09 bits per heavy atom. The zero-order valence-electron chi connectivity index (χ0n) is 24.3. The Labute approximate surface area is 248 Å². The molecule has 0 saturated carbocycles. The highest BCUT2D eigenvalue weighted by Crippen LogP contribution is 2.40. The molecule has 228 valence electrons. The molecule has 0 bridgehead atoms. The molecular weight excluding hydrogens is 560 g/mol. The van der Waals surface area contributed by atoms with Crippen LogP contribution in [0.25, 0.3) is 0 Å². The lowest BCUT2D eigenvalue weighted by Gasteiger charge is -2.29. The lowest BCUT2D eigenvalue weighted by molar-refractivity contribution is -0.384. The van der Waals surface area contributed by atoms with E-state index in [1.165, 1.54) is 31.2 Å². The minimum atomic E-state index is -1.16. The summed E-state index contributed by atoms with van der Waals surface area (Å²) in [6, 6.07) is 14.3. The van der Waals surface area contributed by atoms with Crippen LogP contribution in [0.3, 0.4) is 0 Å². The normalized spacial score (nSPS) is 15.3. The first kappa shape index (κ1) is 32.6. The molecule has 3 rings (SSSR count). The van der Waals surface area contributed by atoms with Crippen LogP contribution >= 0.6 is 0 Å². The molecule has 2 atom stereocenters. The number of dihydropyridines is 1. The first-order valence-corrected chi connectivity index (χ1v) is 13.4. The molecule has 0 radical (unpaired) electrons. The van der Waals surface area contributed by atoms with Crippen LogP contribution in [0.2, 0.25) is 0 Å². The Hall–Kier alpha value is -4.93. The summed E-state index contributed by atoms with van der Waals surface area (Å²) in [6.45, 7) is 5.88. The molecular formula is C30H34N4O9. The largest absolute Gasteiger partial charge is 0.491 e. The van der Waals surface area contributed by atoms with Crippen LogP contribution in [0.15, 0.2) is 71.1 Å². The van der Waals surface area contributed by atoms with Crippen molar-refractivity contribution in [3.05, 3.63) is 86.7 Å². The molecule has 3 N–H and O–H groups in total. The van der Waals surface area contributed by atoms with Crippen molar-refractivity contribution in [2.45, 2.75) is 38.8 Å². The highest BCUT2D eigenvalue weighted by Gasteiger charge is 2.39. The summed E-state index contributed by atoms with van der Waals surface area (Å²) in [6.07, 6.45) is -0.659. The Morgan fingerprint density at radius 3 is 2.37 bits per heavy atom. The van der Waals surface area contributed by atoms with Gasteiger partial charge in [0.25, 0.3) is 5.69 Å². The third kappa shape index (κ3) is 8.78. The van der Waals surface area contributed by atoms with Crippen molar-refractivity contribution in [1.82, 2.24) is 10.6 Å². The van der Waals surface area contributed by atoms with Crippen molar-refractivity contribution in [1.29, 1.82) is 5.26 Å². The van der Waals surface area contributed by atoms with Crippen molar-refractivity contribution in [3.8, 4) is 17.6 Å². The molecule has 0 amide bonds. The quantitative estimate of drug-likeness (QED) is 0.126. The lowest BCUT2D eigenvalue weighted by Crippen LogP contribution is -2.35. The van der Waals surface area contributed by atoms with Crippen molar-refractivity contribution in [2.75, 3.05) is 33.5 Å². The maximum absolute atomic E-state index is 13.3. The van der Waals surface area contributed by atoms with Gasteiger partial charge in [-0.15, -0.1) is 0 Å². The fourth-order valence-corrected chi connectivity index (χ4v) is 4.29. The summed E-state index contributed by atoms with van der Waals surface area (Å²) in [5, 5.41) is 37.0. The van der Waals surface area contributed by atoms with Gasteiger partial charge in [-0.1, -0.05) is 26.0 Å². The van der Waals surface area contributed by atoms with Gasteiger partial charge >= 0.3 is 11.9 Å². The number of nitriles is 1. The smallest absolute Gasteiger partial charge is 0.337 e. The minimum absolute atomic E-state index is 0.00406. The molecule has 43 heavy (non-hydrogen) atoms. The van der Waals surface area contributed by atoms with Crippen molar-refractivity contribution < 1.29 is 38.6 Å². The molecule has 0 fully saturated rings. The second kappa shape index (κ2) is 15.3. The Morgan fingerprint density at radius 2 is 1.77 bits per heavy atom. The number of hydrogen-bond acceptors (Lipinski definition) is 12. The Balaban J connectivity index is 1.67. The highest BCUT2D eigenvalue weighted by atomic mass is 16.6. The van der Waals surface area contributed by atoms with E-state index < -0.39 is 28.9 Å². The number of allylic oxidation sites excluding steroid dienone is 2. The number of non-ortho nitro benzene ring substituents is 1. The van der Waals surface area contributed by atoms with Crippen LogP contribution in [0.1, 0.15) is 32.3 Å². The van der Waals surface area contributed by atoms with Gasteiger partial charge in [0, 0.05) is 30.4 Å². The summed E-state index contributed by atoms with van der Waals surface area (Å²) in [4.78, 5) is 36.9. The SMILES string of the molecule is COC(=O)C1=C(C#N)NC(C)=C(C(=O)OCCOc2ccc(OCC(O)CNC(C)C)cc2)C1c1cccc([N+](=O)[O-])c1. The highest BCUT2D eigenvalue weighted by molar-refractivity contribution is 6.00. The van der Waals surface area contributed by atoms with Crippen LogP contribution in [0.4, 0.5) is 5.69 Å². The maximum atomic E-state index is 13.3. The summed E-state index contributed by atoms with van der Waals surface area (Å²) >= 11 is 0. The fourth-order valence-electron chi connectivity index (χ4n) is 4.29. The van der Waals surface area contributed by atoms with Gasteiger partial charge in [0.1, 0.15) is 49.2 Å². The molecule has 2 aromatic carbocycles. The number of carbonyl (C=O) groups is 2. The summed E-state index contributed by atoms with van der Waals surface area (Å²) in [7, 11) is 1.13. The van der Waals surface area contributed by atoms with E-state index in [0.29, 0.717) is 18.0 Å². The number of aliphatic hydroxyl groups excluding tert-OH is 1. The van der Waals surface area contributed by atoms with Crippen molar-refractivity contribution >= 4 is 17.6 Å². The van der Waals surface area contributed by atoms with Crippen molar-refractivity contribution in [3.63, 3.8) is 0 Å². The van der Waals surface area contributed by atoms with Crippen LogP contribution in [0, 0.1) is 21.4 Å². The first-order chi connectivity index (χ1) is 20.5. The number of nitrogens with one attached hydrogen (secondary N) is 2. The van der Waals surface area contributed by atoms with Gasteiger partial charge in [-0.3, -0.25) is 10.1 Å². The van der Waals surface area contributed by atoms with Gasteiger partial charge in [0.15, 0.2) is 0 Å². The molecule has 2 unspecified atom stereocenters. The number of nitro groups is 1. The zero-order chi connectivity index (χ0) is 31.5. The molecule has 1 aliphatic rings. The van der Waals surface area contributed by atoms with E-state index in [4.69, 9.17) is 18.9 Å². The van der Waals surface area contributed by atoms with Gasteiger partial charge in [0.05, 0.1) is 29.1 Å². The van der Waals surface area contributed by atoms with Gasteiger partial charge < -0.3 is 34.7 Å². The number of aliphatic hydroxyl groups is 1. The topological polar surface area (TPSA) is 182 Å². The molecule has 2 aromatic rings. The van der Waals surface area contributed by atoms with E-state index in [1.807, 2.05) is 19.9 Å². The van der Waals surface area contributed by atoms with E-state index in [9.17, 15) is 30.1 Å². The predicted molar refractivity (Wildman–Crippen MR) is 154 cm³/mol. The minimum Gasteiger partial charge on any atom is -0.491 e. The standard InChI is InChI=1S/C30H34N4O9/c1-18(2)32-16-22(35)17-43-24-10-8-23(9-11-24)41-12-13-42-30(37)26-19(3)33-25(15-31)28(29(36)40-4)27(26)20-6-5-7-21(14-20)34(38)39/h5-11,14,18,22,27,32-33,35H,12-13,16-17H2,1-4H3. The lowest BCUT2D eigenvalue weighted by atomic mass is 9.80. The zero-order valence-corrected chi connectivity index (χ0v) is 24.3. The number of rotatable bonds is 14. The van der Waals surface area contributed by atoms with Crippen LogP contribution in [-0.4, -0.2) is 67.6 Å². The molecule has 0 aromatic heterocycles. The summed E-state index contributed by atoms with van der Waals surface area (Å²) in [5.74, 6) is -1.81. The van der Waals surface area contributed by atoms with E-state index >= 15 is 0 Å². The fraction of sp³-hybridized carbons (Fsp3) is 0.367. The third-order valence-electron chi connectivity index (χ3n) is 6.33. The average Bonchev–Trinajstić information content (AvgIpc) is 3.00. The molecule has 0 saturated heterocycles. The molecule has 13 nitrogen and oxygen atoms in total. The van der Waals surface area contributed by atoms with E-state index in [-0.39, 0.29) is 59.7 Å². The predicted octanol–water partition coefficient (Wildman–Crippen LogP) is 2.87. The first-order valence-electron chi connectivity index (χ1n) is 13.4. The second-order valence-corrected chi connectivity index (χ2v) is 9.82. The van der Waals surface area contributed by atoms with Gasteiger partial charge in [-0.25, -0.2) is 9.59 Å². The van der Waals surface area contributed by atoms with E-state index in [1.54, 1.807) is 24.3 Å². The molecule has 1 heterocycles. The molecule has 0 aliphatic carbocycles. The summed E-state index contributed by atoms with van der Waals surface area (Å²) < 4.78 is 21.6. The Bertz CT molecular complexity index is 1430. The van der Waals surface area contributed by atoms with Crippen LogP contribution < -0.4 is 20.1 Å². The van der Waals surface area contributed by atoms with Crippen LogP contribution in [-0.2, 0) is 19.1 Å². The molecule has 0 spiro atoms. The molecule has 13 heteroatoms. The van der Waals surface area contributed by atoms with Gasteiger partial charge in [0.2, 0.25) is 0 Å². The summed E-state index contributed by atoms with van der Waals surface area (Å²) in [5.41, 5.74) is -0.106. The van der Waals surface area contributed by atoms with Gasteiger partial charge in [-0.2, -0.15) is 5.26 Å². The van der Waals surface area contributed by atoms with Crippen LogP contribution in [0.5, 0.6) is 11.5 Å². The number of esters is 2. The van der Waals surface area contributed by atoms with E-state index in [0.717, 1.165) is 7.11 Å². The number of methoxy groups -OCH3 is 1. The number of nitrogens with zero attached hydrogens (tertiary/aromatic N) is 2. The number of benzene rings is 2.